The molecule has 2 heterocycles. The third-order valence-corrected chi connectivity index (χ3v) is 2.64. The van der Waals surface area contributed by atoms with Gasteiger partial charge in [0.25, 0.3) is 0 Å². The van der Waals surface area contributed by atoms with Gasteiger partial charge in [-0.05, 0) is 17.9 Å². The number of aromatic nitrogens is 3. The largest absolute Gasteiger partial charge is 0.331 e. The molecule has 0 aliphatic rings. The van der Waals surface area contributed by atoms with E-state index in [0.29, 0.717) is 11.8 Å². The topological polar surface area (TPSA) is 30.7 Å². The molecule has 0 aliphatic heterocycles. The molecule has 3 heteroatoms. The molecule has 86 valence electrons. The van der Waals surface area contributed by atoms with Crippen molar-refractivity contribution in [3.63, 3.8) is 0 Å². The Labute approximate surface area is 96.5 Å². The lowest BCUT2D eigenvalue weighted by Gasteiger charge is -2.08. The highest BCUT2D eigenvalue weighted by atomic mass is 15.0. The van der Waals surface area contributed by atoms with E-state index in [1.165, 1.54) is 0 Å². The first kappa shape index (κ1) is 11.1. The van der Waals surface area contributed by atoms with Crippen LogP contribution in [0.15, 0.2) is 18.5 Å². The lowest BCUT2D eigenvalue weighted by Crippen LogP contribution is -2.04. The third-order valence-electron chi connectivity index (χ3n) is 2.64. The van der Waals surface area contributed by atoms with Crippen LogP contribution in [0.1, 0.15) is 39.3 Å². The lowest BCUT2D eigenvalue weighted by atomic mass is 10.1. The molecule has 0 saturated carbocycles. The van der Waals surface area contributed by atoms with E-state index in [1.807, 2.05) is 6.20 Å². The highest BCUT2D eigenvalue weighted by molar-refractivity contribution is 5.71. The first-order valence-electron chi connectivity index (χ1n) is 5.89. The van der Waals surface area contributed by atoms with Crippen LogP contribution in [-0.4, -0.2) is 14.5 Å². The van der Waals surface area contributed by atoms with Gasteiger partial charge < -0.3 is 4.57 Å². The molecule has 0 radical (unpaired) electrons. The highest BCUT2D eigenvalue weighted by Gasteiger charge is 2.08. The van der Waals surface area contributed by atoms with Crippen molar-refractivity contribution in [1.82, 2.24) is 14.5 Å². The van der Waals surface area contributed by atoms with E-state index in [-0.39, 0.29) is 0 Å². The van der Waals surface area contributed by atoms with Gasteiger partial charge in [-0.3, -0.25) is 0 Å². The zero-order valence-corrected chi connectivity index (χ0v) is 10.4. The van der Waals surface area contributed by atoms with Crippen LogP contribution in [0.5, 0.6) is 0 Å². The van der Waals surface area contributed by atoms with E-state index >= 15 is 0 Å². The minimum Gasteiger partial charge on any atom is -0.331 e. The van der Waals surface area contributed by atoms with Crippen LogP contribution in [0.25, 0.3) is 11.2 Å². The van der Waals surface area contributed by atoms with Crippen LogP contribution >= 0.6 is 0 Å². The molecule has 0 aliphatic carbocycles. The van der Waals surface area contributed by atoms with Gasteiger partial charge >= 0.3 is 0 Å². The quantitative estimate of drug-likeness (QED) is 0.790. The second-order valence-corrected chi connectivity index (χ2v) is 5.02. The van der Waals surface area contributed by atoms with Crippen LogP contribution in [0.3, 0.4) is 0 Å². The number of hydrogen-bond donors (Lipinski definition) is 0. The summed E-state index contributed by atoms with van der Waals surface area (Å²) in [6.07, 6.45) is 3.97. The number of fused-ring (bicyclic) bond motifs is 1. The van der Waals surface area contributed by atoms with Gasteiger partial charge in [-0.2, -0.15) is 0 Å². The molecule has 0 bridgehead atoms. The normalized spacial score (nSPS) is 11.9. The Balaban J connectivity index is 2.42. The molecule has 2 aromatic rings. The molecular weight excluding hydrogens is 198 g/mol. The van der Waals surface area contributed by atoms with Crippen molar-refractivity contribution in [1.29, 1.82) is 0 Å². The zero-order valence-electron chi connectivity index (χ0n) is 10.4. The highest BCUT2D eigenvalue weighted by Crippen LogP contribution is 2.17. The maximum absolute atomic E-state index is 4.62. The first-order valence-corrected chi connectivity index (χ1v) is 5.89. The Hall–Kier alpha value is -1.38. The molecule has 0 N–H and O–H groups in total. The van der Waals surface area contributed by atoms with E-state index in [9.17, 15) is 0 Å². The van der Waals surface area contributed by atoms with Gasteiger partial charge in [0.15, 0.2) is 5.65 Å². The van der Waals surface area contributed by atoms with Gasteiger partial charge in [0.1, 0.15) is 5.52 Å². The Kier molecular flexibility index (Phi) is 2.95. The van der Waals surface area contributed by atoms with Gasteiger partial charge in [0, 0.05) is 12.7 Å². The van der Waals surface area contributed by atoms with Crippen molar-refractivity contribution in [3.05, 3.63) is 24.2 Å². The minimum absolute atomic E-state index is 0.436. The predicted molar refractivity (Wildman–Crippen MR) is 66.5 cm³/mol. The molecule has 0 aromatic carbocycles. The summed E-state index contributed by atoms with van der Waals surface area (Å²) in [5.41, 5.74) is 3.07. The molecule has 0 fully saturated rings. The molecule has 0 amide bonds. The fourth-order valence-corrected chi connectivity index (χ4v) is 1.79. The minimum atomic E-state index is 0.436. The van der Waals surface area contributed by atoms with E-state index in [2.05, 4.69) is 54.5 Å². The average molecular weight is 217 g/mol. The molecule has 2 aromatic heterocycles. The Morgan fingerprint density at radius 3 is 2.62 bits per heavy atom. The molecule has 16 heavy (non-hydrogen) atoms. The third kappa shape index (κ3) is 2.08. The summed E-state index contributed by atoms with van der Waals surface area (Å²) >= 11 is 0. The maximum Gasteiger partial charge on any atom is 0.158 e. The van der Waals surface area contributed by atoms with E-state index in [0.717, 1.165) is 23.4 Å². The van der Waals surface area contributed by atoms with Crippen molar-refractivity contribution in [2.75, 3.05) is 0 Å². The lowest BCUT2D eigenvalue weighted by molar-refractivity contribution is 0.533. The summed E-state index contributed by atoms with van der Waals surface area (Å²) in [6.45, 7) is 9.70. The van der Waals surface area contributed by atoms with E-state index in [1.54, 1.807) is 0 Å². The Bertz CT molecular complexity index is 483. The molecule has 0 spiro atoms. The predicted octanol–water partition coefficient (Wildman–Crippen LogP) is 3.21. The van der Waals surface area contributed by atoms with Crippen LogP contribution in [0.2, 0.25) is 0 Å². The second kappa shape index (κ2) is 4.24. The second-order valence-electron chi connectivity index (χ2n) is 5.02. The fourth-order valence-electron chi connectivity index (χ4n) is 1.79. The average Bonchev–Trinajstić information content (AvgIpc) is 2.60. The summed E-state index contributed by atoms with van der Waals surface area (Å²) in [6, 6.07) is 2.05. The van der Waals surface area contributed by atoms with E-state index < -0.39 is 0 Å². The number of rotatable bonds is 3. The fraction of sp³-hybridized carbons (Fsp3) is 0.538. The van der Waals surface area contributed by atoms with Gasteiger partial charge in [-0.25, -0.2) is 9.97 Å². The van der Waals surface area contributed by atoms with Gasteiger partial charge in [-0.15, -0.1) is 0 Å². The smallest absolute Gasteiger partial charge is 0.158 e. The van der Waals surface area contributed by atoms with Crippen molar-refractivity contribution < 1.29 is 0 Å². The van der Waals surface area contributed by atoms with Gasteiger partial charge in [0.05, 0.1) is 11.9 Å². The van der Waals surface area contributed by atoms with E-state index in [4.69, 9.17) is 0 Å². The Morgan fingerprint density at radius 1 is 1.25 bits per heavy atom. The van der Waals surface area contributed by atoms with Crippen molar-refractivity contribution >= 4 is 11.2 Å². The van der Waals surface area contributed by atoms with Crippen LogP contribution in [-0.2, 0) is 6.54 Å². The van der Waals surface area contributed by atoms with Crippen LogP contribution in [0.4, 0.5) is 0 Å². The van der Waals surface area contributed by atoms with Crippen molar-refractivity contribution in [2.45, 2.75) is 40.2 Å². The molecular formula is C13H19N3. The summed E-state index contributed by atoms with van der Waals surface area (Å²) in [5, 5.41) is 0. The van der Waals surface area contributed by atoms with Crippen LogP contribution < -0.4 is 0 Å². The first-order chi connectivity index (χ1) is 7.58. The van der Waals surface area contributed by atoms with Crippen molar-refractivity contribution in [2.24, 2.45) is 5.92 Å². The molecule has 0 atom stereocenters. The number of hydrogen-bond acceptors (Lipinski definition) is 2. The van der Waals surface area contributed by atoms with Crippen LogP contribution in [0, 0.1) is 5.92 Å². The molecule has 0 unspecified atom stereocenters. The summed E-state index contributed by atoms with van der Waals surface area (Å²) in [7, 11) is 0. The summed E-state index contributed by atoms with van der Waals surface area (Å²) in [5.74, 6) is 1.06. The summed E-state index contributed by atoms with van der Waals surface area (Å²) < 4.78 is 2.18. The Morgan fingerprint density at radius 2 is 2.00 bits per heavy atom. The molecule has 0 saturated heterocycles. The van der Waals surface area contributed by atoms with Crippen molar-refractivity contribution in [3.8, 4) is 0 Å². The molecule has 2 rings (SSSR count). The zero-order chi connectivity index (χ0) is 11.7. The standard InChI is InChI=1S/C13H19N3/c1-9(2)8-16-6-5-11-13(16)14-7-12(15-11)10(3)4/h5-7,9-10H,8H2,1-4H3. The van der Waals surface area contributed by atoms with Gasteiger partial charge in [-0.1, -0.05) is 27.7 Å². The van der Waals surface area contributed by atoms with Gasteiger partial charge in [0.2, 0.25) is 0 Å². The SMILES string of the molecule is CC(C)Cn1ccc2nc(C(C)C)cnc21. The summed E-state index contributed by atoms with van der Waals surface area (Å²) in [4.78, 5) is 9.14. The maximum atomic E-state index is 4.62. The number of nitrogens with zero attached hydrogens (tertiary/aromatic N) is 3. The monoisotopic (exact) mass is 217 g/mol. The molecule has 3 nitrogen and oxygen atoms in total.